The summed E-state index contributed by atoms with van der Waals surface area (Å²) in [5.74, 6) is 0.682. The van der Waals surface area contributed by atoms with Crippen LogP contribution in [-0.2, 0) is 10.0 Å². The molecule has 2 N–H and O–H groups in total. The average Bonchev–Trinajstić information content (AvgIpc) is 2.20. The van der Waals surface area contributed by atoms with Crippen LogP contribution in [0.3, 0.4) is 0 Å². The molecule has 18 heavy (non-hydrogen) atoms. The molecule has 5 heteroatoms. The van der Waals surface area contributed by atoms with Crippen LogP contribution in [-0.4, -0.2) is 15.0 Å². The van der Waals surface area contributed by atoms with Crippen LogP contribution in [0.4, 0.5) is 0 Å². The van der Waals surface area contributed by atoms with Gasteiger partial charge >= 0.3 is 0 Å². The van der Waals surface area contributed by atoms with Crippen molar-refractivity contribution in [3.05, 3.63) is 35.4 Å². The van der Waals surface area contributed by atoms with E-state index in [0.717, 1.165) is 17.6 Å². The maximum Gasteiger partial charge on any atom is 0.238 e. The summed E-state index contributed by atoms with van der Waals surface area (Å²) in [7, 11) is -3.68. The van der Waals surface area contributed by atoms with Gasteiger partial charge in [-0.25, -0.2) is 13.6 Å². The monoisotopic (exact) mass is 269 g/mol. The Kier molecular flexibility index (Phi) is 4.53. The molecule has 0 fully saturated rings. The standard InChI is InChI=1S/C13H19NO3S/c1-9(2)5-6-17-12-7-11(4)13(8-10(12)3)18(14,15)16/h7-8H,1,5-6H2,2-4H3,(H2,14,15,16). The zero-order valence-electron chi connectivity index (χ0n) is 11.0. The molecule has 0 bridgehead atoms. The third kappa shape index (κ3) is 3.85. The molecule has 100 valence electrons. The van der Waals surface area contributed by atoms with Crippen molar-refractivity contribution < 1.29 is 13.2 Å². The van der Waals surface area contributed by atoms with Crippen molar-refractivity contribution >= 4 is 10.0 Å². The molecule has 0 saturated carbocycles. The van der Waals surface area contributed by atoms with Gasteiger partial charge in [-0.2, -0.15) is 0 Å². The van der Waals surface area contributed by atoms with Gasteiger partial charge in [-0.1, -0.05) is 5.57 Å². The van der Waals surface area contributed by atoms with Crippen molar-refractivity contribution in [2.75, 3.05) is 6.61 Å². The van der Waals surface area contributed by atoms with Crippen molar-refractivity contribution in [3.8, 4) is 5.75 Å². The third-order valence-electron chi connectivity index (χ3n) is 2.57. The second kappa shape index (κ2) is 5.54. The fraction of sp³-hybridized carbons (Fsp3) is 0.385. The molecule has 0 saturated heterocycles. The molecule has 0 aliphatic carbocycles. The minimum Gasteiger partial charge on any atom is -0.493 e. The van der Waals surface area contributed by atoms with E-state index in [4.69, 9.17) is 9.88 Å². The summed E-state index contributed by atoms with van der Waals surface area (Å²) in [5, 5.41) is 5.14. The SMILES string of the molecule is C=C(C)CCOc1cc(C)c(S(N)(=O)=O)cc1C. The van der Waals surface area contributed by atoms with Gasteiger partial charge in [-0.05, 0) is 44.0 Å². The summed E-state index contributed by atoms with van der Waals surface area (Å²) < 4.78 is 28.3. The highest BCUT2D eigenvalue weighted by molar-refractivity contribution is 7.89. The first-order valence-corrected chi connectivity index (χ1v) is 7.17. The van der Waals surface area contributed by atoms with Gasteiger partial charge < -0.3 is 4.74 Å². The van der Waals surface area contributed by atoms with Crippen molar-refractivity contribution in [3.63, 3.8) is 0 Å². The Morgan fingerprint density at radius 1 is 1.33 bits per heavy atom. The third-order valence-corrected chi connectivity index (χ3v) is 3.62. The second-order valence-corrected chi connectivity index (χ2v) is 6.01. The van der Waals surface area contributed by atoms with Gasteiger partial charge in [0.05, 0.1) is 11.5 Å². The zero-order valence-corrected chi connectivity index (χ0v) is 11.8. The van der Waals surface area contributed by atoms with Gasteiger partial charge in [0, 0.05) is 6.42 Å². The van der Waals surface area contributed by atoms with E-state index in [0.29, 0.717) is 17.9 Å². The Labute approximate surface area is 109 Å². The molecule has 1 rings (SSSR count). The number of ether oxygens (including phenoxy) is 1. The number of hydrogen-bond donors (Lipinski definition) is 1. The minimum atomic E-state index is -3.68. The van der Waals surface area contributed by atoms with E-state index in [1.807, 2.05) is 6.92 Å². The minimum absolute atomic E-state index is 0.146. The predicted molar refractivity (Wildman–Crippen MR) is 72.2 cm³/mol. The smallest absolute Gasteiger partial charge is 0.238 e. The highest BCUT2D eigenvalue weighted by Crippen LogP contribution is 2.25. The van der Waals surface area contributed by atoms with E-state index in [9.17, 15) is 8.42 Å². The van der Waals surface area contributed by atoms with Gasteiger partial charge in [0.2, 0.25) is 10.0 Å². The number of nitrogens with two attached hydrogens (primary N) is 1. The fourth-order valence-electron chi connectivity index (χ4n) is 1.56. The van der Waals surface area contributed by atoms with E-state index in [2.05, 4.69) is 6.58 Å². The molecule has 0 atom stereocenters. The first-order valence-electron chi connectivity index (χ1n) is 5.63. The molecule has 1 aromatic carbocycles. The molecule has 0 unspecified atom stereocenters. The maximum absolute atomic E-state index is 11.3. The van der Waals surface area contributed by atoms with Crippen LogP contribution < -0.4 is 9.88 Å². The van der Waals surface area contributed by atoms with Crippen molar-refractivity contribution in [2.45, 2.75) is 32.1 Å². The molecular formula is C13H19NO3S. The van der Waals surface area contributed by atoms with Crippen LogP contribution in [0.25, 0.3) is 0 Å². The Hall–Kier alpha value is -1.33. The summed E-state index contributed by atoms with van der Waals surface area (Å²) in [6, 6.07) is 3.24. The number of rotatable bonds is 5. The van der Waals surface area contributed by atoms with Gasteiger partial charge in [-0.15, -0.1) is 6.58 Å². The Morgan fingerprint density at radius 3 is 2.44 bits per heavy atom. The van der Waals surface area contributed by atoms with E-state index in [1.54, 1.807) is 26.0 Å². The van der Waals surface area contributed by atoms with Gasteiger partial charge in [0.25, 0.3) is 0 Å². The lowest BCUT2D eigenvalue weighted by Crippen LogP contribution is -2.14. The van der Waals surface area contributed by atoms with E-state index >= 15 is 0 Å². The molecular weight excluding hydrogens is 250 g/mol. The zero-order chi connectivity index (χ0) is 13.9. The number of sulfonamides is 1. The van der Waals surface area contributed by atoms with Crippen molar-refractivity contribution in [2.24, 2.45) is 5.14 Å². The lowest BCUT2D eigenvalue weighted by Gasteiger charge is -2.12. The van der Waals surface area contributed by atoms with Crippen LogP contribution in [0.15, 0.2) is 29.2 Å². The van der Waals surface area contributed by atoms with Crippen molar-refractivity contribution in [1.29, 1.82) is 0 Å². The van der Waals surface area contributed by atoms with Crippen molar-refractivity contribution in [1.82, 2.24) is 0 Å². The van der Waals surface area contributed by atoms with Gasteiger partial charge in [0.1, 0.15) is 5.75 Å². The maximum atomic E-state index is 11.3. The largest absolute Gasteiger partial charge is 0.493 e. The first-order chi connectivity index (χ1) is 8.21. The number of primary sulfonamides is 1. The van der Waals surface area contributed by atoms with Crippen LogP contribution in [0.2, 0.25) is 0 Å². The predicted octanol–water partition coefficient (Wildman–Crippen LogP) is 2.30. The summed E-state index contributed by atoms with van der Waals surface area (Å²) in [6.45, 7) is 9.76. The van der Waals surface area contributed by atoms with E-state index in [1.165, 1.54) is 0 Å². The quantitative estimate of drug-likeness (QED) is 0.834. The summed E-state index contributed by atoms with van der Waals surface area (Å²) in [5.41, 5.74) is 2.39. The lowest BCUT2D eigenvalue weighted by atomic mass is 10.1. The number of benzene rings is 1. The molecule has 0 aliphatic heterocycles. The molecule has 0 aromatic heterocycles. The highest BCUT2D eigenvalue weighted by atomic mass is 32.2. The molecule has 0 radical (unpaired) electrons. The number of hydrogen-bond acceptors (Lipinski definition) is 3. The van der Waals surface area contributed by atoms with E-state index in [-0.39, 0.29) is 4.90 Å². The molecule has 0 aliphatic rings. The number of aryl methyl sites for hydroxylation is 2. The van der Waals surface area contributed by atoms with Gasteiger partial charge in [0.15, 0.2) is 0 Å². The molecule has 1 aromatic rings. The normalized spacial score (nSPS) is 11.3. The van der Waals surface area contributed by atoms with Crippen LogP contribution in [0, 0.1) is 13.8 Å². The molecule has 0 heterocycles. The summed E-state index contributed by atoms with van der Waals surface area (Å²) >= 11 is 0. The highest BCUT2D eigenvalue weighted by Gasteiger charge is 2.14. The fourth-order valence-corrected chi connectivity index (χ4v) is 2.41. The average molecular weight is 269 g/mol. The summed E-state index contributed by atoms with van der Waals surface area (Å²) in [6.07, 6.45) is 0.773. The molecule has 4 nitrogen and oxygen atoms in total. The molecule has 0 amide bonds. The van der Waals surface area contributed by atoms with Gasteiger partial charge in [-0.3, -0.25) is 0 Å². The lowest BCUT2D eigenvalue weighted by molar-refractivity contribution is 0.319. The van der Waals surface area contributed by atoms with Crippen LogP contribution >= 0.6 is 0 Å². The topological polar surface area (TPSA) is 69.4 Å². The summed E-state index contributed by atoms with van der Waals surface area (Å²) in [4.78, 5) is 0.146. The second-order valence-electron chi connectivity index (χ2n) is 4.48. The Morgan fingerprint density at radius 2 is 1.94 bits per heavy atom. The Balaban J connectivity index is 2.97. The molecule has 0 spiro atoms. The Bertz CT molecular complexity index is 562. The van der Waals surface area contributed by atoms with Crippen LogP contribution in [0.5, 0.6) is 5.75 Å². The first kappa shape index (κ1) is 14.7. The van der Waals surface area contributed by atoms with Crippen LogP contribution in [0.1, 0.15) is 24.5 Å². The van der Waals surface area contributed by atoms with E-state index < -0.39 is 10.0 Å².